The van der Waals surface area contributed by atoms with Gasteiger partial charge in [-0.05, 0) is 12.1 Å². The number of rotatable bonds is 5. The summed E-state index contributed by atoms with van der Waals surface area (Å²) in [7, 11) is 1.56. The number of anilines is 1. The van der Waals surface area contributed by atoms with Gasteiger partial charge in [-0.15, -0.1) is 6.58 Å². The molecule has 0 saturated heterocycles. The van der Waals surface area contributed by atoms with Crippen LogP contribution in [0.2, 0.25) is 0 Å². The molecule has 1 unspecified atom stereocenters. The highest BCUT2D eigenvalue weighted by molar-refractivity contribution is 5.86. The number of carbonyl (C=O) groups excluding carboxylic acids is 2. The molecule has 0 aliphatic carbocycles. The number of benzene rings is 1. The Labute approximate surface area is 123 Å². The summed E-state index contributed by atoms with van der Waals surface area (Å²) in [5, 5.41) is 5.30. The lowest BCUT2D eigenvalue weighted by Crippen LogP contribution is -2.50. The van der Waals surface area contributed by atoms with Crippen molar-refractivity contribution in [1.82, 2.24) is 10.6 Å². The first-order valence-electron chi connectivity index (χ1n) is 6.75. The van der Waals surface area contributed by atoms with E-state index in [4.69, 9.17) is 4.74 Å². The fraction of sp³-hybridized carbons (Fsp3) is 0.333. The van der Waals surface area contributed by atoms with E-state index in [0.717, 1.165) is 5.69 Å². The maximum absolute atomic E-state index is 11.9. The van der Waals surface area contributed by atoms with Crippen molar-refractivity contribution < 1.29 is 14.3 Å². The van der Waals surface area contributed by atoms with Crippen LogP contribution in [0.15, 0.2) is 36.9 Å². The van der Waals surface area contributed by atoms with E-state index >= 15 is 0 Å². The maximum Gasteiger partial charge on any atom is 0.262 e. The van der Waals surface area contributed by atoms with Crippen LogP contribution in [0.4, 0.5) is 5.69 Å². The van der Waals surface area contributed by atoms with Crippen LogP contribution < -0.4 is 20.3 Å². The Kier molecular flexibility index (Phi) is 4.81. The summed E-state index contributed by atoms with van der Waals surface area (Å²) in [5.41, 5.74) is 0.811. The number of nitrogens with one attached hydrogen (secondary N) is 2. The van der Waals surface area contributed by atoms with Gasteiger partial charge in [-0.3, -0.25) is 9.59 Å². The number of nitrogens with zero attached hydrogens (tertiary/aromatic N) is 1. The number of amides is 2. The van der Waals surface area contributed by atoms with E-state index in [0.29, 0.717) is 18.8 Å². The standard InChI is InChI=1S/C15H19N3O3/c1-3-8-17-14(19)10-18-9-13(15(20)16-2)21-12-7-5-4-6-11(12)18/h3-7,13H,1,8-10H2,2H3,(H,16,20)(H,17,19). The summed E-state index contributed by atoms with van der Waals surface area (Å²) in [6, 6.07) is 7.37. The Morgan fingerprint density at radius 3 is 2.95 bits per heavy atom. The van der Waals surface area contributed by atoms with E-state index in [1.54, 1.807) is 19.2 Å². The van der Waals surface area contributed by atoms with Gasteiger partial charge < -0.3 is 20.3 Å². The maximum atomic E-state index is 11.9. The fourth-order valence-electron chi connectivity index (χ4n) is 2.17. The molecular formula is C15H19N3O3. The minimum Gasteiger partial charge on any atom is -0.477 e. The highest BCUT2D eigenvalue weighted by Crippen LogP contribution is 2.32. The molecular weight excluding hydrogens is 270 g/mol. The smallest absolute Gasteiger partial charge is 0.262 e. The summed E-state index contributed by atoms with van der Waals surface area (Å²) in [5.74, 6) is 0.275. The number of para-hydroxylation sites is 2. The van der Waals surface area contributed by atoms with Gasteiger partial charge in [0, 0.05) is 13.6 Å². The molecule has 1 aromatic rings. The molecule has 112 valence electrons. The first kappa shape index (κ1) is 14.9. The lowest BCUT2D eigenvalue weighted by molar-refractivity contribution is -0.127. The predicted octanol–water partition coefficient (Wildman–Crippen LogP) is 0.302. The summed E-state index contributed by atoms with van der Waals surface area (Å²) in [6.45, 7) is 4.48. The molecule has 2 N–H and O–H groups in total. The van der Waals surface area contributed by atoms with Crippen molar-refractivity contribution >= 4 is 17.5 Å². The summed E-state index contributed by atoms with van der Waals surface area (Å²) in [6.07, 6.45) is 0.996. The molecule has 6 nitrogen and oxygen atoms in total. The predicted molar refractivity (Wildman–Crippen MR) is 80.3 cm³/mol. The third-order valence-corrected chi connectivity index (χ3v) is 3.18. The zero-order valence-corrected chi connectivity index (χ0v) is 12.0. The molecule has 0 aromatic heterocycles. The van der Waals surface area contributed by atoms with Crippen molar-refractivity contribution in [2.24, 2.45) is 0 Å². The van der Waals surface area contributed by atoms with Crippen LogP contribution in [0, 0.1) is 0 Å². The van der Waals surface area contributed by atoms with Crippen molar-refractivity contribution in [1.29, 1.82) is 0 Å². The molecule has 2 amide bonds. The highest BCUT2D eigenvalue weighted by atomic mass is 16.5. The van der Waals surface area contributed by atoms with Crippen LogP contribution in [-0.2, 0) is 9.59 Å². The van der Waals surface area contributed by atoms with Gasteiger partial charge in [0.15, 0.2) is 6.10 Å². The average Bonchev–Trinajstić information content (AvgIpc) is 2.52. The number of fused-ring (bicyclic) bond motifs is 1. The third kappa shape index (κ3) is 3.53. The van der Waals surface area contributed by atoms with Gasteiger partial charge in [0.1, 0.15) is 5.75 Å². The number of likely N-dealkylation sites (N-methyl/N-ethyl adjacent to an activating group) is 1. The second kappa shape index (κ2) is 6.78. The summed E-state index contributed by atoms with van der Waals surface area (Å²) in [4.78, 5) is 25.5. The van der Waals surface area contributed by atoms with Gasteiger partial charge in [-0.2, -0.15) is 0 Å². The fourth-order valence-corrected chi connectivity index (χ4v) is 2.17. The topological polar surface area (TPSA) is 70.7 Å². The minimum absolute atomic E-state index is 0.123. The van der Waals surface area contributed by atoms with Crippen molar-refractivity contribution in [2.75, 3.05) is 31.6 Å². The third-order valence-electron chi connectivity index (χ3n) is 3.18. The lowest BCUT2D eigenvalue weighted by atomic mass is 10.1. The van der Waals surface area contributed by atoms with Crippen LogP contribution in [0.3, 0.4) is 0 Å². The monoisotopic (exact) mass is 289 g/mol. The van der Waals surface area contributed by atoms with Crippen molar-refractivity contribution in [3.63, 3.8) is 0 Å². The molecule has 0 spiro atoms. The average molecular weight is 289 g/mol. The van der Waals surface area contributed by atoms with E-state index in [1.807, 2.05) is 23.1 Å². The van der Waals surface area contributed by atoms with Crippen LogP contribution in [-0.4, -0.2) is 44.6 Å². The molecule has 1 aliphatic rings. The largest absolute Gasteiger partial charge is 0.477 e. The zero-order valence-electron chi connectivity index (χ0n) is 12.0. The molecule has 0 bridgehead atoms. The number of hydrogen-bond acceptors (Lipinski definition) is 4. The van der Waals surface area contributed by atoms with Crippen molar-refractivity contribution in [3.05, 3.63) is 36.9 Å². The van der Waals surface area contributed by atoms with Gasteiger partial charge in [0.05, 0.1) is 18.8 Å². The van der Waals surface area contributed by atoms with Crippen LogP contribution >= 0.6 is 0 Å². The van der Waals surface area contributed by atoms with Gasteiger partial charge >= 0.3 is 0 Å². The molecule has 0 saturated carbocycles. The van der Waals surface area contributed by atoms with Crippen molar-refractivity contribution in [2.45, 2.75) is 6.10 Å². The van der Waals surface area contributed by atoms with Crippen LogP contribution in [0.25, 0.3) is 0 Å². The van der Waals surface area contributed by atoms with Gasteiger partial charge in [-0.1, -0.05) is 18.2 Å². The summed E-state index contributed by atoms with van der Waals surface area (Å²) >= 11 is 0. The number of ether oxygens (including phenoxy) is 1. The molecule has 6 heteroatoms. The second-order valence-electron chi connectivity index (χ2n) is 4.66. The first-order chi connectivity index (χ1) is 10.2. The van der Waals surface area contributed by atoms with E-state index < -0.39 is 6.10 Å². The van der Waals surface area contributed by atoms with E-state index in [-0.39, 0.29) is 18.4 Å². The number of carbonyl (C=O) groups is 2. The highest BCUT2D eigenvalue weighted by Gasteiger charge is 2.30. The molecule has 0 fully saturated rings. The first-order valence-corrected chi connectivity index (χ1v) is 6.75. The molecule has 0 radical (unpaired) electrons. The SMILES string of the molecule is C=CCNC(=O)CN1CC(C(=O)NC)Oc2ccccc21. The molecule has 1 aliphatic heterocycles. The second-order valence-corrected chi connectivity index (χ2v) is 4.66. The normalized spacial score (nSPS) is 16.4. The molecule has 2 rings (SSSR count). The van der Waals surface area contributed by atoms with Crippen molar-refractivity contribution in [3.8, 4) is 5.75 Å². The molecule has 1 aromatic carbocycles. The quantitative estimate of drug-likeness (QED) is 0.765. The molecule has 21 heavy (non-hydrogen) atoms. The van der Waals surface area contributed by atoms with Gasteiger partial charge in [0.25, 0.3) is 5.91 Å². The minimum atomic E-state index is -0.628. The van der Waals surface area contributed by atoms with E-state index in [9.17, 15) is 9.59 Å². The van der Waals surface area contributed by atoms with Crippen LogP contribution in [0.1, 0.15) is 0 Å². The Hall–Kier alpha value is -2.50. The zero-order chi connectivity index (χ0) is 15.2. The number of hydrogen-bond donors (Lipinski definition) is 2. The Morgan fingerprint density at radius 2 is 2.24 bits per heavy atom. The molecule has 1 atom stereocenters. The van der Waals surface area contributed by atoms with Gasteiger partial charge in [-0.25, -0.2) is 0 Å². The summed E-state index contributed by atoms with van der Waals surface area (Å²) < 4.78 is 5.68. The van der Waals surface area contributed by atoms with E-state index in [2.05, 4.69) is 17.2 Å². The Balaban J connectivity index is 2.16. The molecule has 1 heterocycles. The Morgan fingerprint density at radius 1 is 1.48 bits per heavy atom. The Bertz CT molecular complexity index is 545. The van der Waals surface area contributed by atoms with Gasteiger partial charge in [0.2, 0.25) is 5.91 Å². The van der Waals surface area contributed by atoms with E-state index in [1.165, 1.54) is 0 Å². The van der Waals surface area contributed by atoms with Crippen LogP contribution in [0.5, 0.6) is 5.75 Å². The lowest BCUT2D eigenvalue weighted by Gasteiger charge is -2.34.